The normalized spacial score (nSPS) is 10.1. The molecule has 1 heterocycles. The van der Waals surface area contributed by atoms with Gasteiger partial charge in [-0.1, -0.05) is 18.2 Å². The number of nitriles is 2. The van der Waals surface area contributed by atoms with Gasteiger partial charge < -0.3 is 4.74 Å². The maximum Gasteiger partial charge on any atom is 0.146 e. The number of para-hydroxylation sites is 2. The van der Waals surface area contributed by atoms with E-state index >= 15 is 0 Å². The minimum atomic E-state index is 0.226. The lowest BCUT2D eigenvalue weighted by Crippen LogP contribution is -1.92. The molecule has 0 saturated carbocycles. The molecule has 0 radical (unpaired) electrons. The Kier molecular flexibility index (Phi) is 4.19. The van der Waals surface area contributed by atoms with Gasteiger partial charge in [0.25, 0.3) is 0 Å². The summed E-state index contributed by atoms with van der Waals surface area (Å²) < 4.78 is 5.79. The molecule has 4 rings (SSSR count). The Labute approximate surface area is 155 Å². The van der Waals surface area contributed by atoms with E-state index in [9.17, 15) is 5.26 Å². The molecule has 0 aliphatic rings. The maximum absolute atomic E-state index is 9.29. The van der Waals surface area contributed by atoms with Crippen LogP contribution < -0.4 is 4.74 Å². The quantitative estimate of drug-likeness (QED) is 0.529. The van der Waals surface area contributed by atoms with Crippen LogP contribution in [-0.4, -0.2) is 9.97 Å². The Morgan fingerprint density at radius 1 is 0.778 bits per heavy atom. The van der Waals surface area contributed by atoms with Gasteiger partial charge in [-0.05, 0) is 48.5 Å². The average Bonchev–Trinajstić information content (AvgIpc) is 2.73. The van der Waals surface area contributed by atoms with Crippen LogP contribution in [0.5, 0.6) is 11.5 Å². The third-order valence-corrected chi connectivity index (χ3v) is 4.08. The van der Waals surface area contributed by atoms with E-state index in [0.29, 0.717) is 11.5 Å². The van der Waals surface area contributed by atoms with Gasteiger partial charge in [-0.2, -0.15) is 10.5 Å². The van der Waals surface area contributed by atoms with E-state index in [2.05, 4.69) is 9.97 Å². The van der Waals surface area contributed by atoms with Crippen LogP contribution in [0.1, 0.15) is 11.1 Å². The van der Waals surface area contributed by atoms with Crippen molar-refractivity contribution in [3.05, 3.63) is 84.1 Å². The molecule has 0 fully saturated rings. The lowest BCUT2D eigenvalue weighted by atomic mass is 10.1. The highest BCUT2D eigenvalue weighted by Crippen LogP contribution is 2.29. The van der Waals surface area contributed by atoms with Crippen LogP contribution >= 0.6 is 0 Å². The zero-order valence-corrected chi connectivity index (χ0v) is 14.1. The fourth-order valence-corrected chi connectivity index (χ4v) is 2.74. The van der Waals surface area contributed by atoms with Crippen LogP contribution in [0.2, 0.25) is 0 Å². The van der Waals surface area contributed by atoms with Gasteiger partial charge >= 0.3 is 0 Å². The zero-order valence-electron chi connectivity index (χ0n) is 14.1. The second kappa shape index (κ2) is 6.95. The molecule has 5 heteroatoms. The molecule has 1 aromatic heterocycles. The number of ether oxygens (including phenoxy) is 1. The molecule has 126 valence electrons. The Bertz CT molecular complexity index is 1220. The fourth-order valence-electron chi connectivity index (χ4n) is 2.74. The number of aromatic nitrogens is 2. The lowest BCUT2D eigenvalue weighted by Gasteiger charge is -2.09. The summed E-state index contributed by atoms with van der Waals surface area (Å²) in [7, 11) is 0. The number of nitrogens with zero attached hydrogens (tertiary/aromatic N) is 4. The minimum Gasteiger partial charge on any atom is -0.456 e. The van der Waals surface area contributed by atoms with Crippen molar-refractivity contribution in [2.24, 2.45) is 0 Å². The SMILES string of the molecule is N#Cc1cccc(Oc2ccc(-c3cnc4ccccc4n3)cc2)c1C#N. The Morgan fingerprint density at radius 3 is 2.30 bits per heavy atom. The van der Waals surface area contributed by atoms with Gasteiger partial charge in [0, 0.05) is 5.56 Å². The van der Waals surface area contributed by atoms with Crippen molar-refractivity contribution in [3.8, 4) is 34.9 Å². The molecule has 0 saturated heterocycles. The van der Waals surface area contributed by atoms with Crippen molar-refractivity contribution in [1.82, 2.24) is 9.97 Å². The molecule has 0 N–H and O–H groups in total. The highest BCUT2D eigenvalue weighted by Gasteiger charge is 2.10. The molecule has 0 spiro atoms. The first-order valence-corrected chi connectivity index (χ1v) is 8.22. The van der Waals surface area contributed by atoms with Gasteiger partial charge in [0.05, 0.1) is 28.5 Å². The molecule has 4 aromatic rings. The third kappa shape index (κ3) is 3.18. The number of hydrogen-bond acceptors (Lipinski definition) is 5. The standard InChI is InChI=1S/C22H12N4O/c23-12-16-4-3-7-22(18(16)13-24)27-17-10-8-15(9-11-17)21-14-25-19-5-1-2-6-20(19)26-21/h1-11,14H. The summed E-state index contributed by atoms with van der Waals surface area (Å²) >= 11 is 0. The van der Waals surface area contributed by atoms with Crippen LogP contribution in [0.25, 0.3) is 22.3 Å². The van der Waals surface area contributed by atoms with Gasteiger partial charge in [-0.25, -0.2) is 4.98 Å². The largest absolute Gasteiger partial charge is 0.456 e. The molecule has 3 aromatic carbocycles. The fraction of sp³-hybridized carbons (Fsp3) is 0. The van der Waals surface area contributed by atoms with Crippen molar-refractivity contribution >= 4 is 11.0 Å². The molecule has 0 aliphatic heterocycles. The zero-order chi connectivity index (χ0) is 18.6. The van der Waals surface area contributed by atoms with Crippen molar-refractivity contribution in [2.45, 2.75) is 0 Å². The highest BCUT2D eigenvalue weighted by molar-refractivity contribution is 5.76. The van der Waals surface area contributed by atoms with Gasteiger partial charge in [0.15, 0.2) is 0 Å². The topological polar surface area (TPSA) is 82.6 Å². The molecule has 0 bridgehead atoms. The predicted molar refractivity (Wildman–Crippen MR) is 101 cm³/mol. The summed E-state index contributed by atoms with van der Waals surface area (Å²) in [6, 6.07) is 24.0. The summed E-state index contributed by atoms with van der Waals surface area (Å²) in [4.78, 5) is 9.06. The summed E-state index contributed by atoms with van der Waals surface area (Å²) in [5.74, 6) is 0.925. The first-order valence-electron chi connectivity index (χ1n) is 8.22. The minimum absolute atomic E-state index is 0.226. The second-order valence-corrected chi connectivity index (χ2v) is 5.77. The molecule has 0 atom stereocenters. The molecular formula is C22H12N4O. The highest BCUT2D eigenvalue weighted by atomic mass is 16.5. The van der Waals surface area contributed by atoms with Crippen LogP contribution in [0, 0.1) is 22.7 Å². The lowest BCUT2D eigenvalue weighted by molar-refractivity contribution is 0.481. The van der Waals surface area contributed by atoms with E-state index in [1.807, 2.05) is 48.5 Å². The molecule has 27 heavy (non-hydrogen) atoms. The summed E-state index contributed by atoms with van der Waals surface area (Å²) in [5.41, 5.74) is 3.88. The Balaban J connectivity index is 1.63. The molecule has 5 nitrogen and oxygen atoms in total. The second-order valence-electron chi connectivity index (χ2n) is 5.77. The van der Waals surface area contributed by atoms with Crippen molar-refractivity contribution in [1.29, 1.82) is 10.5 Å². The third-order valence-electron chi connectivity index (χ3n) is 4.08. The van der Waals surface area contributed by atoms with E-state index in [0.717, 1.165) is 22.3 Å². The smallest absolute Gasteiger partial charge is 0.146 e. The number of fused-ring (bicyclic) bond motifs is 1. The van der Waals surface area contributed by atoms with E-state index in [4.69, 9.17) is 10.00 Å². The Morgan fingerprint density at radius 2 is 1.56 bits per heavy atom. The predicted octanol–water partition coefficient (Wildman–Crippen LogP) is 4.83. The molecular weight excluding hydrogens is 336 g/mol. The average molecular weight is 348 g/mol. The first kappa shape index (κ1) is 16.3. The number of hydrogen-bond donors (Lipinski definition) is 0. The van der Waals surface area contributed by atoms with Gasteiger partial charge in [0.2, 0.25) is 0 Å². The van der Waals surface area contributed by atoms with Crippen molar-refractivity contribution in [2.75, 3.05) is 0 Å². The monoisotopic (exact) mass is 348 g/mol. The van der Waals surface area contributed by atoms with Crippen LogP contribution in [0.15, 0.2) is 72.9 Å². The Hall–Kier alpha value is -4.22. The van der Waals surface area contributed by atoms with E-state index < -0.39 is 0 Å². The van der Waals surface area contributed by atoms with Gasteiger partial charge in [0.1, 0.15) is 29.2 Å². The maximum atomic E-state index is 9.29. The molecule has 0 amide bonds. The van der Waals surface area contributed by atoms with Gasteiger partial charge in [-0.15, -0.1) is 0 Å². The molecule has 0 aliphatic carbocycles. The summed E-state index contributed by atoms with van der Waals surface area (Å²) in [6.45, 7) is 0. The van der Waals surface area contributed by atoms with Crippen LogP contribution in [0.3, 0.4) is 0 Å². The van der Waals surface area contributed by atoms with E-state index in [1.54, 1.807) is 36.5 Å². The number of benzene rings is 3. The molecule has 0 unspecified atom stereocenters. The van der Waals surface area contributed by atoms with Crippen molar-refractivity contribution < 1.29 is 4.74 Å². The van der Waals surface area contributed by atoms with E-state index in [-0.39, 0.29) is 11.1 Å². The van der Waals surface area contributed by atoms with Crippen molar-refractivity contribution in [3.63, 3.8) is 0 Å². The first-order chi connectivity index (χ1) is 13.3. The van der Waals surface area contributed by atoms with Crippen LogP contribution in [0.4, 0.5) is 0 Å². The number of rotatable bonds is 3. The van der Waals surface area contributed by atoms with Crippen LogP contribution in [-0.2, 0) is 0 Å². The van der Waals surface area contributed by atoms with E-state index in [1.165, 1.54) is 0 Å². The summed E-state index contributed by atoms with van der Waals surface area (Å²) in [6.07, 6.45) is 1.74. The van der Waals surface area contributed by atoms with Gasteiger partial charge in [-0.3, -0.25) is 4.98 Å². The summed E-state index contributed by atoms with van der Waals surface area (Å²) in [5, 5.41) is 18.4.